The molecular weight excluding hydrogens is 358 g/mol. The van der Waals surface area contributed by atoms with Crippen LogP contribution in [0.2, 0.25) is 0 Å². The summed E-state index contributed by atoms with van der Waals surface area (Å²) in [4.78, 5) is 0. The number of hydrogen-bond acceptors (Lipinski definition) is 3. The van der Waals surface area contributed by atoms with Gasteiger partial charge in [-0.05, 0) is 23.0 Å². The van der Waals surface area contributed by atoms with E-state index in [4.69, 9.17) is 0 Å². The topological polar surface area (TPSA) is 43.7 Å². The van der Waals surface area contributed by atoms with Crippen molar-refractivity contribution in [2.45, 2.75) is 83.1 Å². The standard InChI is InChI=1S/2C10H20O.C2H6N.Ti/c2*1-9(2,3)7-8(11)10(4,5)6;1-3-2;/h2*7,11H,1-6H3;1-2H3;/q;;-1;+1. The van der Waals surface area contributed by atoms with Gasteiger partial charge in [0.15, 0.2) is 0 Å². The van der Waals surface area contributed by atoms with Crippen LogP contribution in [0.5, 0.6) is 0 Å². The van der Waals surface area contributed by atoms with E-state index in [0.717, 1.165) is 0 Å². The monoisotopic (exact) mass is 404 g/mol. The molecule has 0 atom stereocenters. The van der Waals surface area contributed by atoms with E-state index in [1.54, 1.807) is 0 Å². The molecule has 0 unspecified atom stereocenters. The van der Waals surface area contributed by atoms with E-state index in [-0.39, 0.29) is 21.7 Å². The van der Waals surface area contributed by atoms with Crippen molar-refractivity contribution >= 4 is 0 Å². The van der Waals surface area contributed by atoms with Crippen LogP contribution in [0.15, 0.2) is 23.7 Å². The number of rotatable bonds is 0. The molecule has 0 fully saturated rings. The first-order valence-electron chi connectivity index (χ1n) is 9.22. The van der Waals surface area contributed by atoms with E-state index >= 15 is 0 Å². The molecule has 0 aromatic heterocycles. The zero-order valence-corrected chi connectivity index (χ0v) is 21.6. The Morgan fingerprint density at radius 2 is 0.769 bits per heavy atom. The Hall–Kier alpha value is -0.246. The SMILES string of the molecule is CC(C)(C)C=C(O)C(C)(C)C.CC(C)(C)C=C(O)C(C)(C)C.C[N](C)[Ti]. The summed E-state index contributed by atoms with van der Waals surface area (Å²) >= 11 is 2.00. The fourth-order valence-electron chi connectivity index (χ4n) is 1.25. The zero-order valence-electron chi connectivity index (χ0n) is 20.0. The molecule has 0 aliphatic carbocycles. The van der Waals surface area contributed by atoms with Gasteiger partial charge in [0.1, 0.15) is 0 Å². The fraction of sp³-hybridized carbons (Fsp3) is 0.818. The summed E-state index contributed by atoms with van der Waals surface area (Å²) < 4.78 is 2.00. The average Bonchev–Trinajstić information content (AvgIpc) is 2.21. The number of nitrogens with zero attached hydrogens (tertiary/aromatic N) is 1. The van der Waals surface area contributed by atoms with Crippen molar-refractivity contribution in [1.29, 1.82) is 0 Å². The quantitative estimate of drug-likeness (QED) is 0.336. The van der Waals surface area contributed by atoms with Crippen molar-refractivity contribution in [2.75, 3.05) is 14.1 Å². The average molecular weight is 404 g/mol. The minimum absolute atomic E-state index is 0.0668. The van der Waals surface area contributed by atoms with Crippen molar-refractivity contribution in [3.63, 3.8) is 0 Å². The fourth-order valence-corrected chi connectivity index (χ4v) is 1.25. The summed E-state index contributed by atoms with van der Waals surface area (Å²) in [5.74, 6) is 0.954. The van der Waals surface area contributed by atoms with Crippen molar-refractivity contribution in [2.24, 2.45) is 21.7 Å². The van der Waals surface area contributed by atoms with Crippen molar-refractivity contribution in [3.8, 4) is 0 Å². The van der Waals surface area contributed by atoms with Gasteiger partial charge in [0.25, 0.3) is 0 Å². The molecule has 0 amide bonds. The molecule has 0 rings (SSSR count). The first-order valence-corrected chi connectivity index (χ1v) is 9.92. The summed E-state index contributed by atoms with van der Waals surface area (Å²) in [6.07, 6.45) is 3.82. The maximum atomic E-state index is 9.58. The third-order valence-electron chi connectivity index (χ3n) is 2.68. The number of aliphatic hydroxyl groups is 2. The molecular formula is C22H46NO2Ti. The van der Waals surface area contributed by atoms with E-state index in [1.807, 2.05) is 91.9 Å². The number of hydrogen-bond donors (Lipinski definition) is 2. The molecule has 26 heavy (non-hydrogen) atoms. The number of allylic oxidation sites excluding steroid dienone is 4. The summed E-state index contributed by atoms with van der Waals surface area (Å²) in [7, 11) is 4.00. The van der Waals surface area contributed by atoms with Crippen LogP contribution in [-0.2, 0) is 20.7 Å². The van der Waals surface area contributed by atoms with Gasteiger partial charge < -0.3 is 10.2 Å². The molecule has 0 heterocycles. The number of aliphatic hydroxyl groups excluding tert-OH is 2. The second kappa shape index (κ2) is 11.6. The van der Waals surface area contributed by atoms with Gasteiger partial charge in [-0.15, -0.1) is 0 Å². The van der Waals surface area contributed by atoms with E-state index in [9.17, 15) is 10.2 Å². The van der Waals surface area contributed by atoms with Gasteiger partial charge >= 0.3 is 38.2 Å². The van der Waals surface area contributed by atoms with Crippen molar-refractivity contribution in [3.05, 3.63) is 23.7 Å². The molecule has 0 saturated carbocycles. The second-order valence-electron chi connectivity index (χ2n) is 11.2. The third kappa shape index (κ3) is 26.0. The molecule has 0 saturated heterocycles. The summed E-state index contributed by atoms with van der Waals surface area (Å²) in [5, 5.41) is 19.2. The van der Waals surface area contributed by atoms with Crippen LogP contribution in [0.1, 0.15) is 83.1 Å². The Morgan fingerprint density at radius 1 is 0.615 bits per heavy atom. The van der Waals surface area contributed by atoms with Crippen LogP contribution in [0.3, 0.4) is 0 Å². The summed E-state index contributed by atoms with van der Waals surface area (Å²) in [5.41, 5.74) is -0.102. The van der Waals surface area contributed by atoms with Crippen LogP contribution in [0.25, 0.3) is 0 Å². The molecule has 0 radical (unpaired) electrons. The van der Waals surface area contributed by atoms with E-state index < -0.39 is 0 Å². The minimum atomic E-state index is -0.118. The van der Waals surface area contributed by atoms with Crippen LogP contribution in [-0.4, -0.2) is 27.7 Å². The van der Waals surface area contributed by atoms with E-state index in [0.29, 0.717) is 11.5 Å². The predicted octanol–water partition coefficient (Wildman–Crippen LogP) is 7.05. The third-order valence-corrected chi connectivity index (χ3v) is 2.68. The van der Waals surface area contributed by atoms with Crippen molar-refractivity contribution in [1.82, 2.24) is 3.38 Å². The molecule has 0 aliphatic rings. The summed E-state index contributed by atoms with van der Waals surface area (Å²) in [6, 6.07) is 0. The molecule has 2 N–H and O–H groups in total. The zero-order chi connectivity index (χ0) is 22.1. The van der Waals surface area contributed by atoms with Crippen LogP contribution in [0, 0.1) is 21.7 Å². The van der Waals surface area contributed by atoms with Gasteiger partial charge in [0.05, 0.1) is 11.5 Å². The molecule has 3 nitrogen and oxygen atoms in total. The predicted molar refractivity (Wildman–Crippen MR) is 113 cm³/mol. The van der Waals surface area contributed by atoms with Gasteiger partial charge in [0, 0.05) is 10.8 Å². The molecule has 4 heteroatoms. The molecule has 0 spiro atoms. The Labute approximate surface area is 176 Å². The Bertz CT molecular complexity index is 394. The van der Waals surface area contributed by atoms with E-state index in [2.05, 4.69) is 41.5 Å². The van der Waals surface area contributed by atoms with Gasteiger partial charge in [-0.2, -0.15) is 0 Å². The molecule has 0 aromatic rings. The molecule has 0 aliphatic heterocycles. The van der Waals surface area contributed by atoms with Gasteiger partial charge in [0.2, 0.25) is 0 Å². The van der Waals surface area contributed by atoms with Crippen LogP contribution >= 0.6 is 0 Å². The normalized spacial score (nSPS) is 14.2. The van der Waals surface area contributed by atoms with Gasteiger partial charge in [-0.25, -0.2) is 0 Å². The maximum absolute atomic E-state index is 9.58. The van der Waals surface area contributed by atoms with Gasteiger partial charge in [-0.3, -0.25) is 0 Å². The first-order chi connectivity index (χ1) is 11.0. The van der Waals surface area contributed by atoms with Gasteiger partial charge in [-0.1, -0.05) is 83.1 Å². The molecule has 155 valence electrons. The Kier molecular flexibility index (Phi) is 13.6. The first kappa shape index (κ1) is 30.5. The van der Waals surface area contributed by atoms with Crippen LogP contribution < -0.4 is 0 Å². The van der Waals surface area contributed by atoms with E-state index in [1.165, 1.54) is 0 Å². The Morgan fingerprint density at radius 3 is 0.808 bits per heavy atom. The summed E-state index contributed by atoms with van der Waals surface area (Å²) in [6.45, 7) is 24.5. The van der Waals surface area contributed by atoms with Crippen molar-refractivity contribution < 1.29 is 30.9 Å². The molecule has 0 bridgehead atoms. The van der Waals surface area contributed by atoms with Crippen LogP contribution in [0.4, 0.5) is 0 Å². The second-order valence-corrected chi connectivity index (χ2v) is 12.6. The molecule has 0 aromatic carbocycles. The Balaban J connectivity index is -0.000000338.